The van der Waals surface area contributed by atoms with Gasteiger partial charge in [-0.25, -0.2) is 4.39 Å². The van der Waals surface area contributed by atoms with Gasteiger partial charge in [0.1, 0.15) is 11.6 Å². The number of carbonyl (C=O) groups excluding carboxylic acids is 1. The molecule has 1 rings (SSSR count). The van der Waals surface area contributed by atoms with Crippen LogP contribution in [-0.2, 0) is 0 Å². The first-order chi connectivity index (χ1) is 7.41. The summed E-state index contributed by atoms with van der Waals surface area (Å²) in [4.78, 5) is 13.1. The number of phenolic OH excluding ortho intramolecular Hbond substituents is 1. The zero-order chi connectivity index (χ0) is 12.3. The molecule has 0 radical (unpaired) electrons. The van der Waals surface area contributed by atoms with Gasteiger partial charge in [0.15, 0.2) is 0 Å². The smallest absolute Gasteiger partial charge is 0.257 e. The molecule has 16 heavy (non-hydrogen) atoms. The number of benzene rings is 1. The minimum absolute atomic E-state index is 0.0526. The summed E-state index contributed by atoms with van der Waals surface area (Å²) in [7, 11) is 1.55. The highest BCUT2D eigenvalue weighted by Crippen LogP contribution is 2.19. The fourth-order valence-electron chi connectivity index (χ4n) is 1.40. The summed E-state index contributed by atoms with van der Waals surface area (Å²) in [5.74, 6) is -1.24. The molecule has 0 fully saturated rings. The van der Waals surface area contributed by atoms with Crippen LogP contribution in [0.5, 0.6) is 5.75 Å². The van der Waals surface area contributed by atoms with Crippen LogP contribution in [-0.4, -0.2) is 35.5 Å². The van der Waals surface area contributed by atoms with Crippen LogP contribution in [0, 0.1) is 5.82 Å². The third-order valence-corrected chi connectivity index (χ3v) is 2.10. The van der Waals surface area contributed by atoms with Crippen LogP contribution in [0.2, 0.25) is 0 Å². The standard InChI is InChI=1S/C11H15FN2O2/c1-7(13)6-14(2)11(16)9-5-8(12)3-4-10(9)15/h3-5,7,15H,6,13H2,1-2H3. The molecule has 0 aliphatic heterocycles. The number of hydrogen-bond acceptors (Lipinski definition) is 3. The third kappa shape index (κ3) is 2.93. The Labute approximate surface area is 93.5 Å². The van der Waals surface area contributed by atoms with E-state index in [9.17, 15) is 14.3 Å². The van der Waals surface area contributed by atoms with Gasteiger partial charge in [-0.2, -0.15) is 0 Å². The number of nitrogens with two attached hydrogens (primary N) is 1. The van der Waals surface area contributed by atoms with Crippen molar-refractivity contribution in [1.29, 1.82) is 0 Å². The van der Waals surface area contributed by atoms with Crippen molar-refractivity contribution >= 4 is 5.91 Å². The Morgan fingerprint density at radius 2 is 2.25 bits per heavy atom. The first-order valence-corrected chi connectivity index (χ1v) is 4.91. The highest BCUT2D eigenvalue weighted by molar-refractivity contribution is 5.96. The second-order valence-corrected chi connectivity index (χ2v) is 3.82. The van der Waals surface area contributed by atoms with E-state index in [0.29, 0.717) is 6.54 Å². The van der Waals surface area contributed by atoms with Crippen LogP contribution in [0.1, 0.15) is 17.3 Å². The van der Waals surface area contributed by atoms with Crippen molar-refractivity contribution in [2.45, 2.75) is 13.0 Å². The fraction of sp³-hybridized carbons (Fsp3) is 0.364. The highest BCUT2D eigenvalue weighted by Gasteiger charge is 2.17. The maximum absolute atomic E-state index is 12.9. The molecule has 1 aromatic carbocycles. The summed E-state index contributed by atoms with van der Waals surface area (Å²) >= 11 is 0. The molecule has 0 aliphatic carbocycles. The number of halogens is 1. The molecule has 0 aromatic heterocycles. The molecule has 1 amide bonds. The topological polar surface area (TPSA) is 66.6 Å². The largest absolute Gasteiger partial charge is 0.507 e. The normalized spacial score (nSPS) is 12.2. The van der Waals surface area contributed by atoms with Crippen molar-refractivity contribution in [2.75, 3.05) is 13.6 Å². The molecule has 5 heteroatoms. The Morgan fingerprint density at radius 1 is 1.62 bits per heavy atom. The van der Waals surface area contributed by atoms with E-state index in [4.69, 9.17) is 5.73 Å². The molecule has 0 bridgehead atoms. The quantitative estimate of drug-likeness (QED) is 0.806. The maximum Gasteiger partial charge on any atom is 0.257 e. The zero-order valence-electron chi connectivity index (χ0n) is 9.27. The van der Waals surface area contributed by atoms with Crippen molar-refractivity contribution in [3.63, 3.8) is 0 Å². The molecule has 4 nitrogen and oxygen atoms in total. The van der Waals surface area contributed by atoms with Gasteiger partial charge >= 0.3 is 0 Å². The van der Waals surface area contributed by atoms with Gasteiger partial charge in [-0.05, 0) is 25.1 Å². The van der Waals surface area contributed by atoms with Crippen molar-refractivity contribution in [3.05, 3.63) is 29.6 Å². The summed E-state index contributed by atoms with van der Waals surface area (Å²) in [5.41, 5.74) is 5.49. The van der Waals surface area contributed by atoms with Gasteiger partial charge in [-0.15, -0.1) is 0 Å². The molecular weight excluding hydrogens is 211 g/mol. The number of likely N-dealkylation sites (N-methyl/N-ethyl adjacent to an activating group) is 1. The lowest BCUT2D eigenvalue weighted by atomic mass is 10.1. The number of carbonyl (C=O) groups is 1. The van der Waals surface area contributed by atoms with Gasteiger partial charge in [0.25, 0.3) is 5.91 Å². The van der Waals surface area contributed by atoms with E-state index in [1.165, 1.54) is 4.90 Å². The van der Waals surface area contributed by atoms with Crippen molar-refractivity contribution < 1.29 is 14.3 Å². The second kappa shape index (κ2) is 4.94. The highest BCUT2D eigenvalue weighted by atomic mass is 19.1. The number of aromatic hydroxyl groups is 1. The number of phenols is 1. The lowest BCUT2D eigenvalue weighted by molar-refractivity contribution is 0.0785. The van der Waals surface area contributed by atoms with Crippen molar-refractivity contribution in [3.8, 4) is 5.75 Å². The molecule has 0 heterocycles. The van der Waals surface area contributed by atoms with Gasteiger partial charge in [0.2, 0.25) is 0 Å². The first kappa shape index (κ1) is 12.4. The van der Waals surface area contributed by atoms with Crippen molar-refractivity contribution in [2.24, 2.45) is 5.73 Å². The van der Waals surface area contributed by atoms with Crippen LogP contribution in [0.4, 0.5) is 4.39 Å². The van der Waals surface area contributed by atoms with Crippen LogP contribution < -0.4 is 5.73 Å². The summed E-state index contributed by atoms with van der Waals surface area (Å²) in [6.07, 6.45) is 0. The third-order valence-electron chi connectivity index (χ3n) is 2.10. The van der Waals surface area contributed by atoms with Crippen molar-refractivity contribution in [1.82, 2.24) is 4.90 Å². The van der Waals surface area contributed by atoms with E-state index in [2.05, 4.69) is 0 Å². The molecule has 3 N–H and O–H groups in total. The molecule has 1 unspecified atom stereocenters. The summed E-state index contributed by atoms with van der Waals surface area (Å²) < 4.78 is 12.9. The Balaban J connectivity index is 2.91. The average Bonchev–Trinajstić information content (AvgIpc) is 2.19. The molecule has 1 atom stereocenters. The van der Waals surface area contributed by atoms with E-state index in [1.807, 2.05) is 0 Å². The second-order valence-electron chi connectivity index (χ2n) is 3.82. The fourth-order valence-corrected chi connectivity index (χ4v) is 1.40. The summed E-state index contributed by atoms with van der Waals surface area (Å²) in [5, 5.41) is 9.44. The monoisotopic (exact) mass is 226 g/mol. The summed E-state index contributed by atoms with van der Waals surface area (Å²) in [6, 6.07) is 3.08. The predicted molar refractivity (Wildman–Crippen MR) is 58.7 cm³/mol. The van der Waals surface area contributed by atoms with E-state index in [-0.39, 0.29) is 17.4 Å². The van der Waals surface area contributed by atoms with Gasteiger partial charge < -0.3 is 15.7 Å². The predicted octanol–water partition coefficient (Wildman–Crippen LogP) is 0.951. The van der Waals surface area contributed by atoms with E-state index < -0.39 is 11.7 Å². The number of hydrogen-bond donors (Lipinski definition) is 2. The molecule has 0 aliphatic rings. The van der Waals surface area contributed by atoms with E-state index in [1.54, 1.807) is 14.0 Å². The lowest BCUT2D eigenvalue weighted by Gasteiger charge is -2.19. The minimum Gasteiger partial charge on any atom is -0.507 e. The minimum atomic E-state index is -0.560. The van der Waals surface area contributed by atoms with Gasteiger partial charge in [0.05, 0.1) is 5.56 Å². The van der Waals surface area contributed by atoms with Crippen LogP contribution in [0.3, 0.4) is 0 Å². The Morgan fingerprint density at radius 3 is 2.81 bits per heavy atom. The summed E-state index contributed by atoms with van der Waals surface area (Å²) in [6.45, 7) is 2.10. The number of nitrogens with zero attached hydrogens (tertiary/aromatic N) is 1. The molecule has 0 spiro atoms. The van der Waals surface area contributed by atoms with Gasteiger partial charge in [-0.3, -0.25) is 4.79 Å². The lowest BCUT2D eigenvalue weighted by Crippen LogP contribution is -2.37. The number of amides is 1. The zero-order valence-corrected chi connectivity index (χ0v) is 9.27. The molecular formula is C11H15FN2O2. The average molecular weight is 226 g/mol. The Bertz CT molecular complexity index is 394. The van der Waals surface area contributed by atoms with Crippen LogP contribution in [0.25, 0.3) is 0 Å². The van der Waals surface area contributed by atoms with Crippen LogP contribution >= 0.6 is 0 Å². The molecule has 0 saturated carbocycles. The van der Waals surface area contributed by atoms with Gasteiger partial charge in [-0.1, -0.05) is 0 Å². The maximum atomic E-state index is 12.9. The van der Waals surface area contributed by atoms with Crippen LogP contribution in [0.15, 0.2) is 18.2 Å². The first-order valence-electron chi connectivity index (χ1n) is 4.91. The molecule has 1 aromatic rings. The SMILES string of the molecule is CC(N)CN(C)C(=O)c1cc(F)ccc1O. The Kier molecular flexibility index (Phi) is 3.84. The molecule has 88 valence electrons. The van der Waals surface area contributed by atoms with Gasteiger partial charge in [0, 0.05) is 19.6 Å². The number of rotatable bonds is 3. The Hall–Kier alpha value is -1.62. The molecule has 0 saturated heterocycles. The van der Waals surface area contributed by atoms with E-state index >= 15 is 0 Å². The van der Waals surface area contributed by atoms with E-state index in [0.717, 1.165) is 18.2 Å².